The van der Waals surface area contributed by atoms with E-state index in [1.165, 1.54) is 0 Å². The van der Waals surface area contributed by atoms with Gasteiger partial charge in [0.05, 0.1) is 6.04 Å². The third-order valence-corrected chi connectivity index (χ3v) is 9.16. The summed E-state index contributed by atoms with van der Waals surface area (Å²) in [4.78, 5) is 52.0. The Morgan fingerprint density at radius 3 is 2.25 bits per heavy atom. The number of alkyl carbamates (subject to hydrolysis) is 1. The molecule has 3 fully saturated rings. The topological polar surface area (TPSA) is 191 Å². The number of nitrogens with one attached hydrogen (secondary N) is 3. The predicted octanol–water partition coefficient (Wildman–Crippen LogP) is 0.772. The van der Waals surface area contributed by atoms with Crippen LogP contribution in [0.25, 0.3) is 0 Å². The Morgan fingerprint density at radius 2 is 1.75 bits per heavy atom. The van der Waals surface area contributed by atoms with Crippen LogP contribution in [0.1, 0.15) is 72.6 Å². The molecule has 1 unspecified atom stereocenters. The minimum atomic E-state index is -4.94. The number of carbonyl (C=O) groups is 4. The molecule has 5 N–H and O–H groups in total. The van der Waals surface area contributed by atoms with Gasteiger partial charge in [-0.15, -0.1) is 0 Å². The Balaban J connectivity index is 1.56. The van der Waals surface area contributed by atoms with E-state index in [4.69, 9.17) is 4.74 Å². The lowest BCUT2D eigenvalue weighted by Crippen LogP contribution is -2.56. The van der Waals surface area contributed by atoms with E-state index in [-0.39, 0.29) is 48.0 Å². The number of carbonyl (C=O) groups excluding carboxylic acids is 4. The van der Waals surface area contributed by atoms with Crippen molar-refractivity contribution in [2.24, 2.45) is 23.2 Å². The van der Waals surface area contributed by atoms with E-state index in [1.54, 1.807) is 0 Å². The molecule has 0 aromatic heterocycles. The summed E-state index contributed by atoms with van der Waals surface area (Å²) in [6.45, 7) is 9.20. The first-order valence-electron chi connectivity index (χ1n) is 14.1. The Kier molecular flexibility index (Phi) is 10.4. The molecule has 1 saturated carbocycles. The highest BCUT2D eigenvalue weighted by Crippen LogP contribution is 2.50. The number of hydrogen-bond donors (Lipinski definition) is 5. The van der Waals surface area contributed by atoms with Crippen molar-refractivity contribution in [2.75, 3.05) is 19.6 Å². The molecular weight excluding hydrogens is 544 g/mol. The molecule has 2 aliphatic heterocycles. The van der Waals surface area contributed by atoms with Crippen LogP contribution in [0.5, 0.6) is 0 Å². The SMILES string of the molecule is CC(C)C[C@H](NC(=O)OC1CC2(CCN(C(=O)C(C)C)CC2)C1)C(=O)N[C@@H](C[C@H]1CCNC1=O)C(O)S(=O)(=O)O. The summed E-state index contributed by atoms with van der Waals surface area (Å²) in [7, 11) is -4.94. The largest absolute Gasteiger partial charge is 0.446 e. The molecule has 3 rings (SSSR count). The number of aliphatic hydroxyl groups excluding tert-OH is 1. The molecular formula is C26H44N4O9S. The van der Waals surface area contributed by atoms with Crippen molar-refractivity contribution < 1.29 is 42.0 Å². The smallest absolute Gasteiger partial charge is 0.408 e. The minimum absolute atomic E-state index is 0.0349. The fraction of sp³-hybridized carbons (Fsp3) is 0.846. The molecule has 1 aliphatic carbocycles. The molecule has 13 nitrogen and oxygen atoms in total. The van der Waals surface area contributed by atoms with Crippen LogP contribution in [0.2, 0.25) is 0 Å². The maximum absolute atomic E-state index is 13.2. The van der Waals surface area contributed by atoms with Crippen molar-refractivity contribution in [3.8, 4) is 0 Å². The molecule has 14 heteroatoms. The van der Waals surface area contributed by atoms with E-state index in [0.29, 0.717) is 38.9 Å². The van der Waals surface area contributed by atoms with E-state index in [1.807, 2.05) is 32.6 Å². The third kappa shape index (κ3) is 8.29. The van der Waals surface area contributed by atoms with E-state index >= 15 is 0 Å². The molecule has 0 aromatic carbocycles. The second-order valence-corrected chi connectivity index (χ2v) is 13.8. The van der Waals surface area contributed by atoms with Crippen molar-refractivity contribution >= 4 is 33.9 Å². The van der Waals surface area contributed by atoms with Gasteiger partial charge in [0.15, 0.2) is 0 Å². The number of ether oxygens (including phenoxy) is 1. The minimum Gasteiger partial charge on any atom is -0.446 e. The number of rotatable bonds is 11. The van der Waals surface area contributed by atoms with Gasteiger partial charge in [-0.3, -0.25) is 18.9 Å². The molecule has 2 heterocycles. The number of nitrogens with zero attached hydrogens (tertiary/aromatic N) is 1. The lowest BCUT2D eigenvalue weighted by molar-refractivity contribution is -0.140. The summed E-state index contributed by atoms with van der Waals surface area (Å²) >= 11 is 0. The van der Waals surface area contributed by atoms with Crippen LogP contribution in [-0.2, 0) is 29.2 Å². The van der Waals surface area contributed by atoms with Crippen LogP contribution >= 0.6 is 0 Å². The summed E-state index contributed by atoms with van der Waals surface area (Å²) < 4.78 is 38.3. The van der Waals surface area contributed by atoms with Crippen molar-refractivity contribution in [3.63, 3.8) is 0 Å². The normalized spacial score (nSPS) is 23.4. The van der Waals surface area contributed by atoms with Gasteiger partial charge in [-0.25, -0.2) is 4.79 Å². The van der Waals surface area contributed by atoms with Gasteiger partial charge in [0, 0.05) is 31.5 Å². The second kappa shape index (κ2) is 13.0. The molecule has 228 valence electrons. The van der Waals surface area contributed by atoms with E-state index < -0.39 is 45.6 Å². The zero-order valence-electron chi connectivity index (χ0n) is 23.7. The van der Waals surface area contributed by atoms with Crippen molar-refractivity contribution in [1.29, 1.82) is 0 Å². The summed E-state index contributed by atoms with van der Waals surface area (Å²) in [6.07, 6.45) is 2.34. The van der Waals surface area contributed by atoms with Gasteiger partial charge in [0.1, 0.15) is 12.1 Å². The first kappa shape index (κ1) is 32.1. The number of likely N-dealkylation sites (tertiary alicyclic amines) is 1. The Hall–Kier alpha value is -2.45. The van der Waals surface area contributed by atoms with Gasteiger partial charge in [-0.1, -0.05) is 27.7 Å². The number of amides is 4. The van der Waals surface area contributed by atoms with Gasteiger partial charge >= 0.3 is 6.09 Å². The van der Waals surface area contributed by atoms with Crippen LogP contribution in [-0.4, -0.2) is 90.0 Å². The summed E-state index contributed by atoms with van der Waals surface area (Å²) in [6, 6.07) is -2.57. The van der Waals surface area contributed by atoms with E-state index in [0.717, 1.165) is 12.8 Å². The van der Waals surface area contributed by atoms with Crippen molar-refractivity contribution in [1.82, 2.24) is 20.9 Å². The lowest BCUT2D eigenvalue weighted by Gasteiger charge is -2.51. The summed E-state index contributed by atoms with van der Waals surface area (Å²) in [5.74, 6) is -1.67. The number of hydrogen-bond acceptors (Lipinski definition) is 8. The molecule has 4 amide bonds. The van der Waals surface area contributed by atoms with Gasteiger partial charge < -0.3 is 30.7 Å². The molecule has 4 atom stereocenters. The Morgan fingerprint density at radius 1 is 1.12 bits per heavy atom. The van der Waals surface area contributed by atoms with Gasteiger partial charge in [-0.05, 0) is 56.3 Å². The zero-order chi connectivity index (χ0) is 29.8. The predicted molar refractivity (Wildman–Crippen MR) is 144 cm³/mol. The van der Waals surface area contributed by atoms with E-state index in [9.17, 15) is 37.3 Å². The first-order valence-corrected chi connectivity index (χ1v) is 15.6. The maximum Gasteiger partial charge on any atom is 0.408 e. The highest BCUT2D eigenvalue weighted by atomic mass is 32.2. The third-order valence-electron chi connectivity index (χ3n) is 8.22. The second-order valence-electron chi connectivity index (χ2n) is 12.3. The summed E-state index contributed by atoms with van der Waals surface area (Å²) in [5.41, 5.74) is -2.30. The number of piperidine rings is 1. The molecule has 0 radical (unpaired) electrons. The molecule has 0 aromatic rings. The average molecular weight is 589 g/mol. The van der Waals surface area contributed by atoms with Crippen LogP contribution < -0.4 is 16.0 Å². The highest BCUT2D eigenvalue weighted by molar-refractivity contribution is 7.86. The van der Waals surface area contributed by atoms with Crippen molar-refractivity contribution in [3.05, 3.63) is 0 Å². The zero-order valence-corrected chi connectivity index (χ0v) is 24.5. The monoisotopic (exact) mass is 588 g/mol. The average Bonchev–Trinajstić information content (AvgIpc) is 3.24. The quantitative estimate of drug-likeness (QED) is 0.217. The summed E-state index contributed by atoms with van der Waals surface area (Å²) in [5, 5.41) is 17.8. The fourth-order valence-electron chi connectivity index (χ4n) is 5.91. The van der Waals surface area contributed by atoms with Crippen molar-refractivity contribution in [2.45, 2.75) is 96.3 Å². The Labute approximate surface area is 235 Å². The van der Waals surface area contributed by atoms with Crippen LogP contribution in [0.3, 0.4) is 0 Å². The maximum atomic E-state index is 13.2. The van der Waals surface area contributed by atoms with Gasteiger partial charge in [0.25, 0.3) is 10.1 Å². The van der Waals surface area contributed by atoms with Gasteiger partial charge in [-0.2, -0.15) is 8.42 Å². The van der Waals surface area contributed by atoms with Crippen LogP contribution in [0, 0.1) is 23.2 Å². The van der Waals surface area contributed by atoms with Gasteiger partial charge in [0.2, 0.25) is 23.2 Å². The molecule has 2 saturated heterocycles. The van der Waals surface area contributed by atoms with Crippen LogP contribution in [0.4, 0.5) is 4.79 Å². The van der Waals surface area contributed by atoms with Crippen LogP contribution in [0.15, 0.2) is 0 Å². The number of aliphatic hydroxyl groups is 1. The standard InChI is InChI=1S/C26H44N4O9S/c1-15(2)11-19(22(32)28-20(24(34)40(36,37)38)12-17-5-8-27-21(17)31)29-25(35)39-18-13-26(14-18)6-9-30(10-7-26)23(33)16(3)4/h15-20,24,34H,5-14H2,1-4H3,(H,27,31)(H,28,32)(H,29,35)(H,36,37,38)/t17-,19+,20+,24?/m1/s1. The van der Waals surface area contributed by atoms with E-state index in [2.05, 4.69) is 16.0 Å². The first-order chi connectivity index (χ1) is 18.6. The lowest BCUT2D eigenvalue weighted by atomic mass is 9.61. The highest BCUT2D eigenvalue weighted by Gasteiger charge is 2.48. The molecule has 40 heavy (non-hydrogen) atoms. The molecule has 0 bridgehead atoms. The fourth-order valence-corrected chi connectivity index (χ4v) is 6.50. The molecule has 3 aliphatic rings. The molecule has 1 spiro atoms. The Bertz CT molecular complexity index is 1050.